The van der Waals surface area contributed by atoms with Crippen LogP contribution in [0.25, 0.3) is 10.2 Å². The maximum atomic E-state index is 13.1. The molecule has 0 unspecified atom stereocenters. The van der Waals surface area contributed by atoms with Gasteiger partial charge in [-0.1, -0.05) is 44.9 Å². The number of thiophene rings is 1. The van der Waals surface area contributed by atoms with Crippen molar-refractivity contribution in [3.8, 4) is 0 Å². The van der Waals surface area contributed by atoms with E-state index >= 15 is 0 Å². The average molecular weight is 422 g/mol. The molecule has 1 amide bonds. The molecule has 2 heterocycles. The van der Waals surface area contributed by atoms with E-state index in [1.807, 2.05) is 13.8 Å². The van der Waals surface area contributed by atoms with Crippen molar-refractivity contribution in [2.24, 2.45) is 5.92 Å². The zero-order chi connectivity index (χ0) is 20.3. The molecule has 0 aliphatic heterocycles. The Balaban J connectivity index is 1.79. The van der Waals surface area contributed by atoms with Gasteiger partial charge in [-0.05, 0) is 44.6 Å². The van der Waals surface area contributed by atoms with Crippen molar-refractivity contribution in [3.05, 3.63) is 20.8 Å². The molecular formula is C21H31N3O2S2. The standard InChI is InChI=1S/C21H31N3O2S2/c1-5-6-11-24-20(26)18-14(3)15(4)28-19(18)23-21(24)27-12-17(25)22-16-10-8-7-9-13(16)2/h13,16H,5-12H2,1-4H3,(H,22,25)/t13-,16+/m1/s1. The van der Waals surface area contributed by atoms with Gasteiger partial charge in [0.25, 0.3) is 5.56 Å². The lowest BCUT2D eigenvalue weighted by molar-refractivity contribution is -0.119. The van der Waals surface area contributed by atoms with Gasteiger partial charge in [-0.25, -0.2) is 4.98 Å². The second kappa shape index (κ2) is 9.44. The van der Waals surface area contributed by atoms with E-state index in [2.05, 4.69) is 19.2 Å². The largest absolute Gasteiger partial charge is 0.352 e. The molecule has 1 saturated carbocycles. The molecule has 0 radical (unpaired) electrons. The van der Waals surface area contributed by atoms with Gasteiger partial charge < -0.3 is 5.32 Å². The number of amides is 1. The highest BCUT2D eigenvalue weighted by Gasteiger charge is 2.23. The van der Waals surface area contributed by atoms with Gasteiger partial charge in [0.15, 0.2) is 5.16 Å². The molecule has 7 heteroatoms. The van der Waals surface area contributed by atoms with Gasteiger partial charge in [-0.3, -0.25) is 14.2 Å². The highest BCUT2D eigenvalue weighted by Crippen LogP contribution is 2.29. The fraction of sp³-hybridized carbons (Fsp3) is 0.667. The zero-order valence-electron chi connectivity index (χ0n) is 17.3. The van der Waals surface area contributed by atoms with Gasteiger partial charge in [0.1, 0.15) is 4.83 Å². The first-order valence-electron chi connectivity index (χ1n) is 10.3. The summed E-state index contributed by atoms with van der Waals surface area (Å²) in [6, 6.07) is 0.280. The summed E-state index contributed by atoms with van der Waals surface area (Å²) in [4.78, 5) is 32.3. The number of hydrogen-bond donors (Lipinski definition) is 1. The molecule has 0 spiro atoms. The predicted octanol–water partition coefficient (Wildman–Crippen LogP) is 4.66. The first-order valence-corrected chi connectivity index (χ1v) is 12.1. The molecule has 1 N–H and O–H groups in total. The van der Waals surface area contributed by atoms with E-state index in [0.717, 1.165) is 39.9 Å². The molecule has 5 nitrogen and oxygen atoms in total. The summed E-state index contributed by atoms with van der Waals surface area (Å²) in [6.07, 6.45) is 6.63. The second-order valence-electron chi connectivity index (χ2n) is 7.89. The molecule has 3 rings (SSSR count). The summed E-state index contributed by atoms with van der Waals surface area (Å²) in [5, 5.41) is 4.60. The Morgan fingerprint density at radius 3 is 2.79 bits per heavy atom. The lowest BCUT2D eigenvalue weighted by atomic mass is 9.86. The molecule has 2 atom stereocenters. The third-order valence-corrected chi connectivity index (χ3v) is 7.86. The SMILES string of the molecule is CCCCn1c(SCC(=O)N[C@H]2CCCC[C@H]2C)nc2sc(C)c(C)c2c1=O. The van der Waals surface area contributed by atoms with Crippen molar-refractivity contribution in [2.75, 3.05) is 5.75 Å². The minimum absolute atomic E-state index is 0.0316. The number of hydrogen-bond acceptors (Lipinski definition) is 5. The van der Waals surface area contributed by atoms with Gasteiger partial charge >= 0.3 is 0 Å². The van der Waals surface area contributed by atoms with Crippen LogP contribution in [0.4, 0.5) is 0 Å². The molecule has 2 aromatic heterocycles. The Labute approximate surface area is 175 Å². The van der Waals surface area contributed by atoms with Crippen molar-refractivity contribution in [2.45, 2.75) is 84.0 Å². The van der Waals surface area contributed by atoms with Gasteiger partial charge in [0, 0.05) is 17.5 Å². The fourth-order valence-electron chi connectivity index (χ4n) is 3.84. The molecule has 28 heavy (non-hydrogen) atoms. The summed E-state index contributed by atoms with van der Waals surface area (Å²) in [7, 11) is 0. The Bertz CT molecular complexity index is 903. The van der Waals surface area contributed by atoms with Crippen LogP contribution in [0.5, 0.6) is 0 Å². The normalized spacial score (nSPS) is 19.9. The number of nitrogens with one attached hydrogen (secondary N) is 1. The van der Waals surface area contributed by atoms with E-state index in [-0.39, 0.29) is 17.5 Å². The third-order valence-electron chi connectivity index (χ3n) is 5.78. The number of carbonyl (C=O) groups is 1. The van der Waals surface area contributed by atoms with Crippen molar-refractivity contribution in [1.82, 2.24) is 14.9 Å². The lowest BCUT2D eigenvalue weighted by Gasteiger charge is -2.29. The molecule has 1 aliphatic carbocycles. The van der Waals surface area contributed by atoms with E-state index in [4.69, 9.17) is 4.98 Å². The van der Waals surface area contributed by atoms with Crippen molar-refractivity contribution in [3.63, 3.8) is 0 Å². The second-order valence-corrected chi connectivity index (χ2v) is 10.0. The maximum Gasteiger partial charge on any atom is 0.263 e. The number of thioether (sulfide) groups is 1. The van der Waals surface area contributed by atoms with Crippen LogP contribution in [0.3, 0.4) is 0 Å². The number of unbranched alkanes of at least 4 members (excludes halogenated alkanes) is 1. The van der Waals surface area contributed by atoms with Gasteiger partial charge in [-0.2, -0.15) is 0 Å². The fourth-order valence-corrected chi connectivity index (χ4v) is 5.75. The molecule has 1 aliphatic rings. The summed E-state index contributed by atoms with van der Waals surface area (Å²) in [5.74, 6) is 0.882. The lowest BCUT2D eigenvalue weighted by Crippen LogP contribution is -2.41. The Kier molecular flexibility index (Phi) is 7.20. The highest BCUT2D eigenvalue weighted by molar-refractivity contribution is 7.99. The predicted molar refractivity (Wildman–Crippen MR) is 119 cm³/mol. The van der Waals surface area contributed by atoms with Gasteiger partial charge in [0.05, 0.1) is 11.1 Å². The van der Waals surface area contributed by atoms with Crippen molar-refractivity contribution >= 4 is 39.2 Å². The molecule has 0 saturated heterocycles. The van der Waals surface area contributed by atoms with E-state index in [1.165, 1.54) is 31.0 Å². The van der Waals surface area contributed by atoms with Crippen LogP contribution in [0.1, 0.15) is 62.8 Å². The average Bonchev–Trinajstić information content (AvgIpc) is 2.95. The number of aromatic nitrogens is 2. The van der Waals surface area contributed by atoms with Crippen LogP contribution in [-0.4, -0.2) is 27.3 Å². The Morgan fingerprint density at radius 2 is 2.07 bits per heavy atom. The number of nitrogens with zero attached hydrogens (tertiary/aromatic N) is 2. The number of fused-ring (bicyclic) bond motifs is 1. The third kappa shape index (κ3) is 4.62. The minimum Gasteiger partial charge on any atom is -0.352 e. The topological polar surface area (TPSA) is 64.0 Å². The van der Waals surface area contributed by atoms with Crippen LogP contribution in [0, 0.1) is 19.8 Å². The van der Waals surface area contributed by atoms with Crippen LogP contribution in [-0.2, 0) is 11.3 Å². The molecule has 154 valence electrons. The molecule has 0 aromatic carbocycles. The van der Waals surface area contributed by atoms with Crippen LogP contribution < -0.4 is 10.9 Å². The van der Waals surface area contributed by atoms with Crippen LogP contribution in [0.15, 0.2) is 9.95 Å². The molecule has 0 bridgehead atoms. The van der Waals surface area contributed by atoms with E-state index in [9.17, 15) is 9.59 Å². The quantitative estimate of drug-likeness (QED) is 0.521. The van der Waals surface area contributed by atoms with E-state index in [1.54, 1.807) is 15.9 Å². The zero-order valence-corrected chi connectivity index (χ0v) is 19.0. The summed E-state index contributed by atoms with van der Waals surface area (Å²) < 4.78 is 1.77. The van der Waals surface area contributed by atoms with E-state index in [0.29, 0.717) is 23.4 Å². The summed E-state index contributed by atoms with van der Waals surface area (Å²) in [6.45, 7) is 9.01. The molecule has 2 aromatic rings. The van der Waals surface area contributed by atoms with Crippen LogP contribution >= 0.6 is 23.1 Å². The molecule has 1 fully saturated rings. The number of aryl methyl sites for hydroxylation is 2. The Morgan fingerprint density at radius 1 is 1.32 bits per heavy atom. The summed E-state index contributed by atoms with van der Waals surface area (Å²) in [5.41, 5.74) is 1.06. The van der Waals surface area contributed by atoms with E-state index < -0.39 is 0 Å². The number of carbonyl (C=O) groups excluding carboxylic acids is 1. The van der Waals surface area contributed by atoms with Crippen molar-refractivity contribution in [1.29, 1.82) is 0 Å². The van der Waals surface area contributed by atoms with Crippen molar-refractivity contribution < 1.29 is 4.79 Å². The smallest absolute Gasteiger partial charge is 0.263 e. The highest BCUT2D eigenvalue weighted by atomic mass is 32.2. The first-order chi connectivity index (χ1) is 13.4. The Hall–Kier alpha value is -1.34. The monoisotopic (exact) mass is 421 g/mol. The van der Waals surface area contributed by atoms with Crippen LogP contribution in [0.2, 0.25) is 0 Å². The summed E-state index contributed by atoms with van der Waals surface area (Å²) >= 11 is 2.95. The number of rotatable bonds is 7. The van der Waals surface area contributed by atoms with Gasteiger partial charge in [-0.15, -0.1) is 11.3 Å². The minimum atomic E-state index is 0.0316. The van der Waals surface area contributed by atoms with Gasteiger partial charge in [0.2, 0.25) is 5.91 Å². The first kappa shape index (κ1) is 21.4. The maximum absolute atomic E-state index is 13.1. The molecular weight excluding hydrogens is 390 g/mol.